The van der Waals surface area contributed by atoms with Gasteiger partial charge in [-0.15, -0.1) is 0 Å². The number of unbranched alkanes of at least 4 members (excludes halogenated alkanes) is 8. The van der Waals surface area contributed by atoms with Crippen molar-refractivity contribution in [1.29, 1.82) is 0 Å². The topological polar surface area (TPSA) is 41.5 Å². The molecule has 0 radical (unpaired) electrons. The van der Waals surface area contributed by atoms with E-state index in [-0.39, 0.29) is 5.91 Å². The highest BCUT2D eigenvalue weighted by Crippen LogP contribution is 2.16. The zero-order valence-electron chi connectivity index (χ0n) is 17.0. The van der Waals surface area contributed by atoms with Crippen molar-refractivity contribution >= 4 is 22.4 Å². The van der Waals surface area contributed by atoms with Crippen LogP contribution in [0.2, 0.25) is 0 Å². The average Bonchev–Trinajstić information content (AvgIpc) is 2.70. The van der Waals surface area contributed by atoms with Gasteiger partial charge in [-0.25, -0.2) is 5.43 Å². The largest absolute Gasteiger partial charge is 0.273 e. The fraction of sp³-hybridized carbons (Fsp3) is 0.500. The van der Waals surface area contributed by atoms with Gasteiger partial charge in [-0.2, -0.15) is 5.10 Å². The number of hydrogen-bond donors (Lipinski definition) is 1. The van der Waals surface area contributed by atoms with Gasteiger partial charge >= 0.3 is 0 Å². The standard InChI is InChI=1S/C24H34N2O/c1-3-4-5-6-7-8-9-10-11-16-24(27)26-25-20(2)22-18-17-21-14-12-13-15-23(21)19-22/h12-15,17-19H,3-11,16H2,1-2H3,(H,26,27)/b25-20+. The second kappa shape index (κ2) is 12.3. The summed E-state index contributed by atoms with van der Waals surface area (Å²) in [7, 11) is 0. The van der Waals surface area contributed by atoms with Crippen LogP contribution in [0.3, 0.4) is 0 Å². The van der Waals surface area contributed by atoms with E-state index in [1.165, 1.54) is 55.7 Å². The van der Waals surface area contributed by atoms with Crippen LogP contribution < -0.4 is 5.43 Å². The molecule has 3 nitrogen and oxygen atoms in total. The molecule has 146 valence electrons. The average molecular weight is 367 g/mol. The molecule has 0 aromatic heterocycles. The lowest BCUT2D eigenvalue weighted by Gasteiger charge is -2.05. The molecule has 0 atom stereocenters. The van der Waals surface area contributed by atoms with Crippen LogP contribution in [0.25, 0.3) is 10.8 Å². The van der Waals surface area contributed by atoms with E-state index in [1.807, 2.05) is 25.1 Å². The highest BCUT2D eigenvalue weighted by molar-refractivity contribution is 6.02. The molecule has 0 fully saturated rings. The van der Waals surface area contributed by atoms with E-state index in [0.717, 1.165) is 24.1 Å². The van der Waals surface area contributed by atoms with Gasteiger partial charge in [0, 0.05) is 6.42 Å². The Morgan fingerprint density at radius 2 is 1.48 bits per heavy atom. The third-order valence-corrected chi connectivity index (χ3v) is 5.02. The first-order valence-electron chi connectivity index (χ1n) is 10.5. The Kier molecular flexibility index (Phi) is 9.61. The number of amides is 1. The summed E-state index contributed by atoms with van der Waals surface area (Å²) in [5.74, 6) is 0.0121. The van der Waals surface area contributed by atoms with Crippen LogP contribution in [0.15, 0.2) is 47.6 Å². The molecule has 0 saturated heterocycles. The van der Waals surface area contributed by atoms with Crippen LogP contribution in [0.5, 0.6) is 0 Å². The number of nitrogens with zero attached hydrogens (tertiary/aromatic N) is 1. The first-order chi connectivity index (χ1) is 13.2. The van der Waals surface area contributed by atoms with Crippen LogP contribution in [0, 0.1) is 0 Å². The Balaban J connectivity index is 1.65. The fourth-order valence-electron chi connectivity index (χ4n) is 3.28. The second-order valence-corrected chi connectivity index (χ2v) is 7.37. The maximum atomic E-state index is 12.0. The molecule has 0 saturated carbocycles. The molecule has 27 heavy (non-hydrogen) atoms. The van der Waals surface area contributed by atoms with Gasteiger partial charge < -0.3 is 0 Å². The number of carbonyl (C=O) groups excluding carboxylic acids is 1. The number of rotatable bonds is 12. The molecular formula is C24H34N2O. The van der Waals surface area contributed by atoms with Crippen LogP contribution in [-0.2, 0) is 4.79 Å². The van der Waals surface area contributed by atoms with Gasteiger partial charge in [0.15, 0.2) is 0 Å². The fourth-order valence-corrected chi connectivity index (χ4v) is 3.28. The minimum Gasteiger partial charge on any atom is -0.273 e. The number of hydrazone groups is 1. The Bertz CT molecular complexity index is 736. The molecule has 2 rings (SSSR count). The van der Waals surface area contributed by atoms with E-state index < -0.39 is 0 Å². The SMILES string of the molecule is CCCCCCCCCCCC(=O)N/N=C(\C)c1ccc2ccccc2c1. The van der Waals surface area contributed by atoms with Crippen molar-refractivity contribution in [1.82, 2.24) is 5.43 Å². The highest BCUT2D eigenvalue weighted by atomic mass is 16.2. The zero-order chi connectivity index (χ0) is 19.3. The van der Waals surface area contributed by atoms with Crippen LogP contribution in [0.4, 0.5) is 0 Å². The Morgan fingerprint density at radius 1 is 0.852 bits per heavy atom. The first-order valence-corrected chi connectivity index (χ1v) is 10.5. The molecular weight excluding hydrogens is 332 g/mol. The van der Waals surface area contributed by atoms with Gasteiger partial charge in [0.1, 0.15) is 0 Å². The molecule has 0 aliphatic heterocycles. The molecule has 2 aromatic rings. The van der Waals surface area contributed by atoms with Gasteiger partial charge in [-0.3, -0.25) is 4.79 Å². The van der Waals surface area contributed by atoms with Crippen molar-refractivity contribution in [3.63, 3.8) is 0 Å². The highest BCUT2D eigenvalue weighted by Gasteiger charge is 2.03. The van der Waals surface area contributed by atoms with Gasteiger partial charge in [0.2, 0.25) is 5.91 Å². The predicted molar refractivity (Wildman–Crippen MR) is 116 cm³/mol. The summed E-state index contributed by atoms with van der Waals surface area (Å²) in [5.41, 5.74) is 4.58. The van der Waals surface area contributed by atoms with Gasteiger partial charge in [-0.05, 0) is 35.7 Å². The van der Waals surface area contributed by atoms with Gasteiger partial charge in [0.05, 0.1) is 5.71 Å². The molecule has 0 spiro atoms. The lowest BCUT2D eigenvalue weighted by molar-refractivity contribution is -0.121. The Hall–Kier alpha value is -2.16. The van der Waals surface area contributed by atoms with E-state index in [4.69, 9.17) is 0 Å². The van der Waals surface area contributed by atoms with Crippen molar-refractivity contribution < 1.29 is 4.79 Å². The van der Waals surface area contributed by atoms with E-state index in [2.05, 4.69) is 41.7 Å². The maximum absolute atomic E-state index is 12.0. The molecule has 0 heterocycles. The molecule has 0 unspecified atom stereocenters. The molecule has 0 bridgehead atoms. The number of benzene rings is 2. The number of hydrogen-bond acceptors (Lipinski definition) is 2. The molecule has 3 heteroatoms. The minimum atomic E-state index is 0.0121. The predicted octanol–water partition coefficient (Wildman–Crippen LogP) is 6.60. The summed E-state index contributed by atoms with van der Waals surface area (Å²) >= 11 is 0. The summed E-state index contributed by atoms with van der Waals surface area (Å²) < 4.78 is 0. The quantitative estimate of drug-likeness (QED) is 0.256. The number of nitrogens with one attached hydrogen (secondary N) is 1. The number of carbonyl (C=O) groups is 1. The van der Waals surface area contributed by atoms with E-state index in [9.17, 15) is 4.79 Å². The molecule has 0 aliphatic rings. The maximum Gasteiger partial charge on any atom is 0.240 e. The van der Waals surface area contributed by atoms with E-state index in [0.29, 0.717) is 6.42 Å². The summed E-state index contributed by atoms with van der Waals surface area (Å²) in [5, 5.41) is 6.67. The second-order valence-electron chi connectivity index (χ2n) is 7.37. The smallest absolute Gasteiger partial charge is 0.240 e. The molecule has 1 amide bonds. The number of fused-ring (bicyclic) bond motifs is 1. The normalized spacial score (nSPS) is 11.7. The minimum absolute atomic E-state index is 0.0121. The zero-order valence-corrected chi connectivity index (χ0v) is 17.0. The molecule has 0 aliphatic carbocycles. The van der Waals surface area contributed by atoms with E-state index >= 15 is 0 Å². The first kappa shape index (κ1) is 21.1. The van der Waals surface area contributed by atoms with E-state index in [1.54, 1.807) is 0 Å². The third kappa shape index (κ3) is 7.94. The summed E-state index contributed by atoms with van der Waals surface area (Å²) in [6.45, 7) is 4.18. The lowest BCUT2D eigenvalue weighted by atomic mass is 10.0. The van der Waals surface area contributed by atoms with Crippen LogP contribution in [-0.4, -0.2) is 11.6 Å². The molecule has 1 N–H and O–H groups in total. The van der Waals surface area contributed by atoms with Crippen LogP contribution in [0.1, 0.15) is 83.6 Å². The summed E-state index contributed by atoms with van der Waals surface area (Å²) in [6.07, 6.45) is 11.9. The van der Waals surface area contributed by atoms with Gasteiger partial charge in [-0.1, -0.05) is 94.7 Å². The molecule has 2 aromatic carbocycles. The Morgan fingerprint density at radius 3 is 2.19 bits per heavy atom. The lowest BCUT2D eigenvalue weighted by Crippen LogP contribution is -2.18. The van der Waals surface area contributed by atoms with Gasteiger partial charge in [0.25, 0.3) is 0 Å². The van der Waals surface area contributed by atoms with Crippen molar-refractivity contribution in [2.75, 3.05) is 0 Å². The monoisotopic (exact) mass is 366 g/mol. The van der Waals surface area contributed by atoms with Crippen LogP contribution >= 0.6 is 0 Å². The Labute approximate surface area is 164 Å². The van der Waals surface area contributed by atoms with Crippen molar-refractivity contribution in [3.8, 4) is 0 Å². The summed E-state index contributed by atoms with van der Waals surface area (Å²) in [6, 6.07) is 14.5. The van der Waals surface area contributed by atoms with Crippen molar-refractivity contribution in [3.05, 3.63) is 48.0 Å². The third-order valence-electron chi connectivity index (χ3n) is 5.02. The van der Waals surface area contributed by atoms with Crippen molar-refractivity contribution in [2.24, 2.45) is 5.10 Å². The van der Waals surface area contributed by atoms with Crippen molar-refractivity contribution in [2.45, 2.75) is 78.1 Å². The summed E-state index contributed by atoms with van der Waals surface area (Å²) in [4.78, 5) is 12.0.